The molecule has 1 fully saturated rings. The highest BCUT2D eigenvalue weighted by Gasteiger charge is 2.33. The minimum absolute atomic E-state index is 0.0514. The Bertz CT molecular complexity index is 992. The largest absolute Gasteiger partial charge is 0.508 e. The van der Waals surface area contributed by atoms with E-state index in [0.29, 0.717) is 35.3 Å². The van der Waals surface area contributed by atoms with Crippen LogP contribution in [0.2, 0.25) is 0 Å². The lowest BCUT2D eigenvalue weighted by atomic mass is 9.85. The highest BCUT2D eigenvalue weighted by Crippen LogP contribution is 2.41. The molecular weight excluding hydrogens is 402 g/mol. The number of hydrogen-bond donors (Lipinski definition) is 3. The van der Waals surface area contributed by atoms with Crippen LogP contribution in [-0.4, -0.2) is 21.3 Å². The molecule has 5 atom stereocenters. The summed E-state index contributed by atoms with van der Waals surface area (Å²) in [5, 5.41) is 20.6. The van der Waals surface area contributed by atoms with Gasteiger partial charge in [0, 0.05) is 11.8 Å². The number of aromatic amines is 1. The quantitative estimate of drug-likeness (QED) is 0.440. The van der Waals surface area contributed by atoms with E-state index >= 15 is 0 Å². The van der Waals surface area contributed by atoms with Gasteiger partial charge in [-0.1, -0.05) is 52.3 Å². The van der Waals surface area contributed by atoms with E-state index in [4.69, 9.17) is 4.74 Å². The van der Waals surface area contributed by atoms with Gasteiger partial charge >= 0.3 is 0 Å². The van der Waals surface area contributed by atoms with E-state index in [-0.39, 0.29) is 28.7 Å². The van der Waals surface area contributed by atoms with Crippen molar-refractivity contribution in [1.29, 1.82) is 0 Å². The summed E-state index contributed by atoms with van der Waals surface area (Å²) in [5.74, 6) is 1.60. The van der Waals surface area contributed by atoms with Crippen LogP contribution in [0, 0.1) is 17.8 Å². The first kappa shape index (κ1) is 24.1. The van der Waals surface area contributed by atoms with Crippen LogP contribution in [0.15, 0.2) is 46.9 Å². The zero-order valence-corrected chi connectivity index (χ0v) is 19.9. The molecule has 174 valence electrons. The Morgan fingerprint density at radius 3 is 2.56 bits per heavy atom. The van der Waals surface area contributed by atoms with Gasteiger partial charge in [-0.15, -0.1) is 0 Å². The van der Waals surface area contributed by atoms with Gasteiger partial charge in [-0.25, -0.2) is 0 Å². The molecule has 1 saturated heterocycles. The molecule has 3 rings (SSSR count). The molecule has 2 aromatic rings. The van der Waals surface area contributed by atoms with Gasteiger partial charge in [0.1, 0.15) is 11.5 Å². The van der Waals surface area contributed by atoms with Gasteiger partial charge in [0.25, 0.3) is 5.56 Å². The van der Waals surface area contributed by atoms with Crippen molar-refractivity contribution in [1.82, 2.24) is 4.98 Å². The van der Waals surface area contributed by atoms with Crippen LogP contribution in [0.3, 0.4) is 0 Å². The molecule has 0 unspecified atom stereocenters. The van der Waals surface area contributed by atoms with Crippen molar-refractivity contribution in [3.63, 3.8) is 0 Å². The molecule has 0 aliphatic carbocycles. The number of phenols is 1. The Labute approximate surface area is 191 Å². The van der Waals surface area contributed by atoms with Gasteiger partial charge in [0.2, 0.25) is 0 Å². The molecule has 1 aromatic carbocycles. The van der Waals surface area contributed by atoms with Gasteiger partial charge in [-0.3, -0.25) is 4.79 Å². The van der Waals surface area contributed by atoms with Crippen LogP contribution in [0.5, 0.6) is 11.5 Å². The first-order valence-corrected chi connectivity index (χ1v) is 11.8. The van der Waals surface area contributed by atoms with Crippen LogP contribution in [0.1, 0.15) is 72.0 Å². The van der Waals surface area contributed by atoms with E-state index in [2.05, 4.69) is 45.7 Å². The van der Waals surface area contributed by atoms with Crippen molar-refractivity contribution < 1.29 is 14.9 Å². The van der Waals surface area contributed by atoms with E-state index in [0.717, 1.165) is 12.8 Å². The smallest absolute Gasteiger partial charge is 0.257 e. The molecule has 1 aromatic heterocycles. The Hall–Kier alpha value is -2.53. The number of H-pyrrole nitrogens is 1. The maximum Gasteiger partial charge on any atom is 0.257 e. The number of aromatic hydroxyl groups is 2. The van der Waals surface area contributed by atoms with Gasteiger partial charge in [-0.05, 0) is 67.2 Å². The van der Waals surface area contributed by atoms with Crippen molar-refractivity contribution >= 4 is 0 Å². The highest BCUT2D eigenvalue weighted by molar-refractivity contribution is 5.71. The fraction of sp³-hybridized carbons (Fsp3) is 0.519. The molecule has 0 radical (unpaired) electrons. The topological polar surface area (TPSA) is 82.5 Å². The van der Waals surface area contributed by atoms with Crippen molar-refractivity contribution in [2.45, 2.75) is 72.5 Å². The van der Waals surface area contributed by atoms with Crippen LogP contribution >= 0.6 is 0 Å². The Morgan fingerprint density at radius 2 is 1.91 bits per heavy atom. The second kappa shape index (κ2) is 10.4. The summed E-state index contributed by atoms with van der Waals surface area (Å²) in [6.07, 6.45) is 7.20. The average molecular weight is 440 g/mol. The lowest BCUT2D eigenvalue weighted by Gasteiger charge is -2.36. The summed E-state index contributed by atoms with van der Waals surface area (Å²) in [6.45, 7) is 11.1. The zero-order valence-electron chi connectivity index (χ0n) is 19.9. The number of allylic oxidation sites excluding steroid dienone is 1. The van der Waals surface area contributed by atoms with Gasteiger partial charge in [-0.2, -0.15) is 0 Å². The Balaban J connectivity index is 1.88. The molecule has 32 heavy (non-hydrogen) atoms. The first-order valence-electron chi connectivity index (χ1n) is 11.8. The number of aromatic nitrogens is 1. The molecule has 1 aliphatic heterocycles. The monoisotopic (exact) mass is 439 g/mol. The number of nitrogens with one attached hydrogen (secondary N) is 1. The fourth-order valence-electron chi connectivity index (χ4n) is 4.82. The standard InChI is InChI=1S/C27H37NO4/c1-6-16(2)13-17(3)14-19(5)26-18(4)7-12-23(32-26)24-25(30)22(15-28-27(24)31)20-8-10-21(29)11-9-20/h8-11,14-18,23,26,29H,6-7,12-13H2,1-5H3,(H2,28,30,31)/b19-14+/t16-,17-,18+,23+,26+/m0/s1. The van der Waals surface area contributed by atoms with Crippen molar-refractivity contribution in [3.05, 3.63) is 58.0 Å². The number of pyridine rings is 1. The van der Waals surface area contributed by atoms with Crippen LogP contribution in [0.4, 0.5) is 0 Å². The Morgan fingerprint density at radius 1 is 1.22 bits per heavy atom. The maximum absolute atomic E-state index is 12.7. The third-order valence-electron chi connectivity index (χ3n) is 6.78. The molecule has 1 aliphatic rings. The second-order valence-electron chi connectivity index (χ2n) is 9.58. The predicted molar refractivity (Wildman–Crippen MR) is 129 cm³/mol. The first-order chi connectivity index (χ1) is 15.2. The molecule has 5 heteroatoms. The van der Waals surface area contributed by atoms with Gasteiger partial charge < -0.3 is 19.9 Å². The highest BCUT2D eigenvalue weighted by atomic mass is 16.5. The van der Waals surface area contributed by atoms with E-state index in [1.165, 1.54) is 18.2 Å². The zero-order chi connectivity index (χ0) is 23.4. The minimum atomic E-state index is -0.467. The molecule has 5 nitrogen and oxygen atoms in total. The summed E-state index contributed by atoms with van der Waals surface area (Å²) in [6, 6.07) is 6.54. The van der Waals surface area contributed by atoms with E-state index in [1.807, 2.05) is 0 Å². The lowest BCUT2D eigenvalue weighted by molar-refractivity contribution is -0.0630. The molecule has 0 spiro atoms. The lowest BCUT2D eigenvalue weighted by Crippen LogP contribution is -2.33. The average Bonchev–Trinajstić information content (AvgIpc) is 2.75. The number of hydrogen-bond acceptors (Lipinski definition) is 4. The van der Waals surface area contributed by atoms with E-state index < -0.39 is 6.10 Å². The van der Waals surface area contributed by atoms with Crippen LogP contribution in [-0.2, 0) is 4.74 Å². The van der Waals surface area contributed by atoms with Gasteiger partial charge in [0.15, 0.2) is 0 Å². The fourth-order valence-corrected chi connectivity index (χ4v) is 4.82. The van der Waals surface area contributed by atoms with Gasteiger partial charge in [0.05, 0.1) is 17.8 Å². The summed E-state index contributed by atoms with van der Waals surface area (Å²) < 4.78 is 6.46. The minimum Gasteiger partial charge on any atom is -0.508 e. The summed E-state index contributed by atoms with van der Waals surface area (Å²) >= 11 is 0. The Kier molecular flexibility index (Phi) is 7.83. The molecule has 0 bridgehead atoms. The van der Waals surface area contributed by atoms with Crippen molar-refractivity contribution in [2.75, 3.05) is 0 Å². The summed E-state index contributed by atoms with van der Waals surface area (Å²) in [4.78, 5) is 15.5. The summed E-state index contributed by atoms with van der Waals surface area (Å²) in [5.41, 5.74) is 2.40. The molecular formula is C27H37NO4. The second-order valence-corrected chi connectivity index (χ2v) is 9.58. The molecule has 0 amide bonds. The predicted octanol–water partition coefficient (Wildman–Crippen LogP) is 6.33. The van der Waals surface area contributed by atoms with Crippen LogP contribution in [0.25, 0.3) is 11.1 Å². The van der Waals surface area contributed by atoms with Crippen LogP contribution < -0.4 is 5.56 Å². The number of ether oxygens (including phenoxy) is 1. The third-order valence-corrected chi connectivity index (χ3v) is 6.78. The summed E-state index contributed by atoms with van der Waals surface area (Å²) in [7, 11) is 0. The SMILES string of the molecule is CC[C@H](C)C[C@H](C)/C=C(\C)[C@@H]1O[C@@H](c2c(O)c(-c3ccc(O)cc3)c[nH]c2=O)CC[C@H]1C. The normalized spacial score (nSPS) is 23.7. The van der Waals surface area contributed by atoms with E-state index in [1.54, 1.807) is 24.3 Å². The molecule has 3 N–H and O–H groups in total. The molecule has 0 saturated carbocycles. The van der Waals surface area contributed by atoms with Crippen molar-refractivity contribution in [2.24, 2.45) is 17.8 Å². The van der Waals surface area contributed by atoms with E-state index in [9.17, 15) is 15.0 Å². The maximum atomic E-state index is 12.7. The molecule has 2 heterocycles. The number of benzene rings is 1. The number of phenolic OH excluding ortho intramolecular Hbond substituents is 1. The third kappa shape index (κ3) is 5.44. The van der Waals surface area contributed by atoms with Crippen molar-refractivity contribution in [3.8, 4) is 22.6 Å². The number of rotatable bonds is 7.